The van der Waals surface area contributed by atoms with Gasteiger partial charge in [-0.15, -0.1) is 0 Å². The predicted molar refractivity (Wildman–Crippen MR) is 100 cm³/mol. The molecule has 0 saturated carbocycles. The molecule has 0 radical (unpaired) electrons. The molecule has 5 nitrogen and oxygen atoms in total. The van der Waals surface area contributed by atoms with E-state index in [1.54, 1.807) is 0 Å². The lowest BCUT2D eigenvalue weighted by Gasteiger charge is -2.18. The summed E-state index contributed by atoms with van der Waals surface area (Å²) in [5.41, 5.74) is 2.72. The highest BCUT2D eigenvalue weighted by molar-refractivity contribution is 7.89. The first-order valence-corrected chi connectivity index (χ1v) is 9.96. The zero-order valence-electron chi connectivity index (χ0n) is 15.0. The summed E-state index contributed by atoms with van der Waals surface area (Å²) in [5.74, 6) is -0.982. The summed E-state index contributed by atoms with van der Waals surface area (Å²) in [4.78, 5) is 12.4. The van der Waals surface area contributed by atoms with E-state index in [0.717, 1.165) is 53.9 Å². The number of sulfonamides is 1. The maximum Gasteiger partial charge on any atom is 0.242 e. The molecule has 2 aromatic rings. The highest BCUT2D eigenvalue weighted by Gasteiger charge is 2.23. The second-order valence-corrected chi connectivity index (χ2v) is 7.66. The van der Waals surface area contributed by atoms with Crippen LogP contribution >= 0.6 is 0 Å². The van der Waals surface area contributed by atoms with Crippen LogP contribution in [0.3, 0.4) is 0 Å². The van der Waals surface area contributed by atoms with E-state index in [-0.39, 0.29) is 4.90 Å². The van der Waals surface area contributed by atoms with Gasteiger partial charge in [0, 0.05) is 5.69 Å². The highest BCUT2D eigenvalue weighted by atomic mass is 32.2. The van der Waals surface area contributed by atoms with Crippen molar-refractivity contribution in [2.24, 2.45) is 0 Å². The van der Waals surface area contributed by atoms with Crippen LogP contribution in [0.5, 0.6) is 0 Å². The Morgan fingerprint density at radius 3 is 2.08 bits per heavy atom. The second kappa shape index (κ2) is 8.42. The second-order valence-electron chi connectivity index (χ2n) is 5.94. The van der Waals surface area contributed by atoms with Crippen LogP contribution in [-0.4, -0.2) is 20.4 Å². The van der Waals surface area contributed by atoms with E-state index in [1.807, 2.05) is 32.0 Å². The average Bonchev–Trinajstić information content (AvgIpc) is 2.61. The van der Waals surface area contributed by atoms with Crippen LogP contribution in [0.4, 0.5) is 10.1 Å². The molecule has 1 amide bonds. The third-order valence-electron chi connectivity index (χ3n) is 4.10. The number of hydrogen-bond donors (Lipinski definition) is 2. The third kappa shape index (κ3) is 4.68. The van der Waals surface area contributed by atoms with Crippen LogP contribution in [0.25, 0.3) is 0 Å². The zero-order valence-corrected chi connectivity index (χ0v) is 15.9. The Bertz CT molecular complexity index is 858. The molecule has 2 aromatic carbocycles. The standard InChI is InChI=1S/C19H23FN2O3S/c1-4-14-7-6-8-15(5-2)18(14)21-19(23)13(3)22-26(24,25)17-11-9-16(20)10-12-17/h6-13,22H,4-5H2,1-3H3,(H,21,23)/t13-/m0/s1. The Morgan fingerprint density at radius 1 is 1.04 bits per heavy atom. The summed E-state index contributed by atoms with van der Waals surface area (Å²) in [6, 6.07) is 9.25. The van der Waals surface area contributed by atoms with E-state index in [4.69, 9.17) is 0 Å². The smallest absolute Gasteiger partial charge is 0.242 e. The summed E-state index contributed by atoms with van der Waals surface area (Å²) in [6.07, 6.45) is 1.50. The minimum absolute atomic E-state index is 0.0956. The van der Waals surface area contributed by atoms with Gasteiger partial charge in [-0.3, -0.25) is 4.79 Å². The Morgan fingerprint density at radius 2 is 1.58 bits per heavy atom. The van der Waals surface area contributed by atoms with E-state index in [1.165, 1.54) is 6.92 Å². The molecule has 26 heavy (non-hydrogen) atoms. The quantitative estimate of drug-likeness (QED) is 0.777. The van der Waals surface area contributed by atoms with E-state index >= 15 is 0 Å². The lowest BCUT2D eigenvalue weighted by molar-refractivity contribution is -0.117. The SMILES string of the molecule is CCc1cccc(CC)c1NC(=O)[C@H](C)NS(=O)(=O)c1ccc(F)cc1. The number of para-hydroxylation sites is 1. The molecule has 0 aliphatic carbocycles. The molecule has 140 valence electrons. The molecule has 0 fully saturated rings. The number of benzene rings is 2. The van der Waals surface area contributed by atoms with Crippen molar-refractivity contribution in [3.63, 3.8) is 0 Å². The molecule has 0 aromatic heterocycles. The Kier molecular flexibility index (Phi) is 6.50. The van der Waals surface area contributed by atoms with Crippen molar-refractivity contribution in [2.75, 3.05) is 5.32 Å². The number of amides is 1. The van der Waals surface area contributed by atoms with Gasteiger partial charge in [0.25, 0.3) is 0 Å². The summed E-state index contributed by atoms with van der Waals surface area (Å²) < 4.78 is 40.0. The molecule has 0 saturated heterocycles. The van der Waals surface area contributed by atoms with Gasteiger partial charge in [0.05, 0.1) is 10.9 Å². The molecule has 0 spiro atoms. The summed E-state index contributed by atoms with van der Waals surface area (Å²) >= 11 is 0. The van der Waals surface area contributed by atoms with Crippen LogP contribution in [0.2, 0.25) is 0 Å². The summed E-state index contributed by atoms with van der Waals surface area (Å²) in [6.45, 7) is 5.45. The molecule has 7 heteroatoms. The first-order chi connectivity index (χ1) is 12.3. The molecule has 0 bridgehead atoms. The molecule has 0 unspecified atom stereocenters. The Labute approximate surface area is 153 Å². The number of rotatable bonds is 7. The van der Waals surface area contributed by atoms with Crippen LogP contribution in [0, 0.1) is 5.82 Å². The Hall–Kier alpha value is -2.25. The van der Waals surface area contributed by atoms with Gasteiger partial charge in [0.15, 0.2) is 0 Å². The van der Waals surface area contributed by atoms with E-state index in [2.05, 4.69) is 10.0 Å². The van der Waals surface area contributed by atoms with Crippen molar-refractivity contribution < 1.29 is 17.6 Å². The van der Waals surface area contributed by atoms with Crippen LogP contribution < -0.4 is 10.0 Å². The van der Waals surface area contributed by atoms with Gasteiger partial charge in [0.1, 0.15) is 5.82 Å². The van der Waals surface area contributed by atoms with Crippen molar-refractivity contribution in [3.05, 3.63) is 59.4 Å². The number of anilines is 1. The van der Waals surface area contributed by atoms with Crippen molar-refractivity contribution >= 4 is 21.6 Å². The number of nitrogens with one attached hydrogen (secondary N) is 2. The number of aryl methyl sites for hydroxylation is 2. The van der Waals surface area contributed by atoms with E-state index in [0.29, 0.717) is 0 Å². The monoisotopic (exact) mass is 378 g/mol. The predicted octanol–water partition coefficient (Wildman–Crippen LogP) is 3.26. The zero-order chi connectivity index (χ0) is 19.3. The van der Waals surface area contributed by atoms with Crippen LogP contribution in [0.1, 0.15) is 31.9 Å². The molecule has 0 heterocycles. The third-order valence-corrected chi connectivity index (χ3v) is 5.65. The van der Waals surface area contributed by atoms with Crippen LogP contribution in [-0.2, 0) is 27.7 Å². The number of carbonyl (C=O) groups excluding carboxylic acids is 1. The molecular weight excluding hydrogens is 355 g/mol. The minimum atomic E-state index is -3.92. The van der Waals surface area contributed by atoms with Crippen molar-refractivity contribution in [3.8, 4) is 0 Å². The van der Waals surface area contributed by atoms with Gasteiger partial charge in [-0.1, -0.05) is 32.0 Å². The van der Waals surface area contributed by atoms with Gasteiger partial charge in [-0.2, -0.15) is 4.72 Å². The lowest BCUT2D eigenvalue weighted by atomic mass is 10.0. The fraction of sp³-hybridized carbons (Fsp3) is 0.316. The maximum absolute atomic E-state index is 13.0. The summed E-state index contributed by atoms with van der Waals surface area (Å²) in [7, 11) is -3.92. The fourth-order valence-corrected chi connectivity index (χ4v) is 3.81. The van der Waals surface area contributed by atoms with E-state index in [9.17, 15) is 17.6 Å². The number of halogens is 1. The number of carbonyl (C=O) groups is 1. The van der Waals surface area contributed by atoms with Crippen molar-refractivity contribution in [1.29, 1.82) is 0 Å². The van der Waals surface area contributed by atoms with Crippen molar-refractivity contribution in [1.82, 2.24) is 4.72 Å². The molecule has 1 atom stereocenters. The minimum Gasteiger partial charge on any atom is -0.324 e. The van der Waals surface area contributed by atoms with Gasteiger partial charge in [-0.05, 0) is 55.2 Å². The van der Waals surface area contributed by atoms with Gasteiger partial charge in [0.2, 0.25) is 15.9 Å². The molecule has 0 aliphatic rings. The first-order valence-electron chi connectivity index (χ1n) is 8.48. The average molecular weight is 378 g/mol. The van der Waals surface area contributed by atoms with Crippen LogP contribution in [0.15, 0.2) is 47.4 Å². The van der Waals surface area contributed by atoms with E-state index < -0.39 is 27.8 Å². The molecule has 2 rings (SSSR count). The fourth-order valence-electron chi connectivity index (χ4n) is 2.60. The van der Waals surface area contributed by atoms with Gasteiger partial charge < -0.3 is 5.32 Å². The highest BCUT2D eigenvalue weighted by Crippen LogP contribution is 2.23. The molecule has 2 N–H and O–H groups in total. The topological polar surface area (TPSA) is 75.3 Å². The normalized spacial score (nSPS) is 12.6. The van der Waals surface area contributed by atoms with Gasteiger partial charge >= 0.3 is 0 Å². The first kappa shape index (κ1) is 20.1. The molecule has 0 aliphatic heterocycles. The lowest BCUT2D eigenvalue weighted by Crippen LogP contribution is -2.41. The Balaban J connectivity index is 2.17. The van der Waals surface area contributed by atoms with Gasteiger partial charge in [-0.25, -0.2) is 12.8 Å². The maximum atomic E-state index is 13.0. The molecular formula is C19H23FN2O3S. The number of hydrogen-bond acceptors (Lipinski definition) is 3. The summed E-state index contributed by atoms with van der Waals surface area (Å²) in [5, 5.41) is 2.84. The largest absolute Gasteiger partial charge is 0.324 e. The van der Waals surface area contributed by atoms with Crippen molar-refractivity contribution in [2.45, 2.75) is 44.6 Å².